The predicted molar refractivity (Wildman–Crippen MR) is 89.1 cm³/mol. The van der Waals surface area contributed by atoms with Gasteiger partial charge in [0.05, 0.1) is 24.9 Å². The number of imidazole rings is 1. The first-order valence-corrected chi connectivity index (χ1v) is 8.23. The van der Waals surface area contributed by atoms with Crippen molar-refractivity contribution in [2.24, 2.45) is 7.05 Å². The lowest BCUT2D eigenvalue weighted by atomic mass is 10.1. The largest absolute Gasteiger partial charge is 0.370 e. The number of nitrogens with one attached hydrogen (secondary N) is 1. The lowest BCUT2D eigenvalue weighted by molar-refractivity contribution is -0.00170. The van der Waals surface area contributed by atoms with Crippen LogP contribution >= 0.6 is 0 Å². The smallest absolute Gasteiger partial charge is 0.317 e. The van der Waals surface area contributed by atoms with Crippen LogP contribution < -0.4 is 5.32 Å². The van der Waals surface area contributed by atoms with Crippen molar-refractivity contribution in [2.75, 3.05) is 13.1 Å². The molecule has 128 valence electrons. The number of likely N-dealkylation sites (tertiary alicyclic amines) is 1. The Morgan fingerprint density at radius 1 is 1.38 bits per heavy atom. The van der Waals surface area contributed by atoms with Gasteiger partial charge in [0.25, 0.3) is 0 Å². The Balaban J connectivity index is 1.46. The van der Waals surface area contributed by atoms with Crippen molar-refractivity contribution in [2.45, 2.75) is 32.1 Å². The number of amides is 2. The van der Waals surface area contributed by atoms with E-state index in [0.717, 1.165) is 30.9 Å². The van der Waals surface area contributed by atoms with E-state index < -0.39 is 0 Å². The zero-order valence-corrected chi connectivity index (χ0v) is 13.9. The molecule has 1 atom stereocenters. The number of hydrogen-bond acceptors (Lipinski definition) is 4. The highest BCUT2D eigenvalue weighted by molar-refractivity contribution is 5.74. The molecule has 0 spiro atoms. The van der Waals surface area contributed by atoms with Gasteiger partial charge < -0.3 is 19.5 Å². The van der Waals surface area contributed by atoms with E-state index in [2.05, 4.69) is 15.3 Å². The quantitative estimate of drug-likeness (QED) is 0.906. The maximum atomic E-state index is 12.3. The van der Waals surface area contributed by atoms with Gasteiger partial charge >= 0.3 is 6.03 Å². The highest BCUT2D eigenvalue weighted by Crippen LogP contribution is 2.15. The van der Waals surface area contributed by atoms with Crippen molar-refractivity contribution in [3.8, 4) is 0 Å². The molecule has 1 N–H and O–H groups in total. The summed E-state index contributed by atoms with van der Waals surface area (Å²) in [4.78, 5) is 22.6. The monoisotopic (exact) mass is 329 g/mol. The summed E-state index contributed by atoms with van der Waals surface area (Å²) in [6, 6.07) is 5.71. The third-order valence-electron chi connectivity index (χ3n) is 4.18. The Morgan fingerprint density at radius 2 is 2.29 bits per heavy atom. The molecule has 0 bridgehead atoms. The molecule has 0 radical (unpaired) electrons. The second-order valence-electron chi connectivity index (χ2n) is 5.96. The highest BCUT2D eigenvalue weighted by Gasteiger charge is 2.24. The fourth-order valence-electron chi connectivity index (χ4n) is 2.78. The fourth-order valence-corrected chi connectivity index (χ4v) is 2.78. The summed E-state index contributed by atoms with van der Waals surface area (Å²) < 4.78 is 7.82. The second kappa shape index (κ2) is 7.92. The van der Waals surface area contributed by atoms with Gasteiger partial charge in [0.2, 0.25) is 0 Å². The molecule has 1 fully saturated rings. The molecular formula is C17H23N5O2. The van der Waals surface area contributed by atoms with E-state index in [1.807, 2.05) is 40.9 Å². The molecule has 0 unspecified atom stereocenters. The van der Waals surface area contributed by atoms with E-state index in [1.54, 1.807) is 12.4 Å². The Morgan fingerprint density at radius 3 is 3.04 bits per heavy atom. The van der Waals surface area contributed by atoms with Crippen molar-refractivity contribution in [3.05, 3.63) is 48.3 Å². The first-order chi connectivity index (χ1) is 11.7. The molecule has 2 aromatic rings. The molecule has 7 heteroatoms. The number of nitrogens with zero attached hydrogens (tertiary/aromatic N) is 4. The van der Waals surface area contributed by atoms with E-state index in [0.29, 0.717) is 19.7 Å². The van der Waals surface area contributed by atoms with Gasteiger partial charge in [-0.05, 0) is 25.0 Å². The van der Waals surface area contributed by atoms with Crippen LogP contribution in [0.15, 0.2) is 36.8 Å². The van der Waals surface area contributed by atoms with Gasteiger partial charge in [-0.2, -0.15) is 0 Å². The summed E-state index contributed by atoms with van der Waals surface area (Å²) in [6.45, 7) is 2.28. The van der Waals surface area contributed by atoms with Gasteiger partial charge in [0.1, 0.15) is 5.82 Å². The van der Waals surface area contributed by atoms with Crippen LogP contribution in [0, 0.1) is 0 Å². The number of rotatable bonds is 5. The normalized spacial score (nSPS) is 17.7. The molecule has 0 aromatic carbocycles. The number of hydrogen-bond donors (Lipinski definition) is 1. The first-order valence-electron chi connectivity index (χ1n) is 8.23. The van der Waals surface area contributed by atoms with Gasteiger partial charge in [0, 0.05) is 38.7 Å². The molecule has 1 aliphatic heterocycles. The average molecular weight is 329 g/mol. The van der Waals surface area contributed by atoms with Crippen LogP contribution in [0.5, 0.6) is 0 Å². The van der Waals surface area contributed by atoms with Gasteiger partial charge in [-0.1, -0.05) is 6.07 Å². The number of carbonyl (C=O) groups is 1. The topological polar surface area (TPSA) is 72.3 Å². The highest BCUT2D eigenvalue weighted by atomic mass is 16.5. The fraction of sp³-hybridized carbons (Fsp3) is 0.471. The summed E-state index contributed by atoms with van der Waals surface area (Å²) in [5, 5.41) is 2.93. The molecule has 2 aromatic heterocycles. The average Bonchev–Trinajstić information content (AvgIpc) is 3.04. The minimum atomic E-state index is -0.0656. The standard InChI is InChI=1S/C17H23N5O2/c1-21-10-8-19-16(21)11-20-17(23)22-9-4-6-15(12-22)24-13-14-5-2-3-7-18-14/h2-3,5,7-8,10,15H,4,6,9,11-13H2,1H3,(H,20,23)/t15-/m0/s1. The van der Waals surface area contributed by atoms with E-state index >= 15 is 0 Å². The molecule has 0 saturated carbocycles. The summed E-state index contributed by atoms with van der Waals surface area (Å²) in [5.74, 6) is 0.836. The first kappa shape index (κ1) is 16.4. The molecule has 3 heterocycles. The lowest BCUT2D eigenvalue weighted by Crippen LogP contribution is -2.47. The number of urea groups is 1. The SMILES string of the molecule is Cn1ccnc1CNC(=O)N1CCC[C@H](OCc2ccccn2)C1. The van der Waals surface area contributed by atoms with E-state index in [9.17, 15) is 4.79 Å². The van der Waals surface area contributed by atoms with Crippen LogP contribution in [-0.4, -0.2) is 44.7 Å². The number of aryl methyl sites for hydroxylation is 1. The van der Waals surface area contributed by atoms with Crippen LogP contribution in [0.25, 0.3) is 0 Å². The number of pyridine rings is 1. The molecular weight excluding hydrogens is 306 g/mol. The van der Waals surface area contributed by atoms with E-state index in [1.165, 1.54) is 0 Å². The summed E-state index contributed by atoms with van der Waals surface area (Å²) in [7, 11) is 1.91. The third kappa shape index (κ3) is 4.32. The molecule has 7 nitrogen and oxygen atoms in total. The Labute approximate surface area is 141 Å². The minimum absolute atomic E-state index is 0.0552. The van der Waals surface area contributed by atoms with Crippen molar-refractivity contribution in [1.29, 1.82) is 0 Å². The van der Waals surface area contributed by atoms with Gasteiger partial charge in [-0.25, -0.2) is 9.78 Å². The third-order valence-corrected chi connectivity index (χ3v) is 4.18. The van der Waals surface area contributed by atoms with Crippen LogP contribution in [0.1, 0.15) is 24.4 Å². The number of piperidine rings is 1. The summed E-state index contributed by atoms with van der Waals surface area (Å²) in [5.41, 5.74) is 0.911. The van der Waals surface area contributed by atoms with Crippen molar-refractivity contribution < 1.29 is 9.53 Å². The second-order valence-corrected chi connectivity index (χ2v) is 5.96. The molecule has 1 aliphatic rings. The van der Waals surface area contributed by atoms with Crippen LogP contribution in [0.3, 0.4) is 0 Å². The number of ether oxygens (including phenoxy) is 1. The zero-order valence-electron chi connectivity index (χ0n) is 13.9. The Kier molecular flexibility index (Phi) is 5.43. The number of carbonyl (C=O) groups excluding carboxylic acids is 1. The lowest BCUT2D eigenvalue weighted by Gasteiger charge is -2.32. The van der Waals surface area contributed by atoms with Gasteiger partial charge in [-0.3, -0.25) is 4.98 Å². The van der Waals surface area contributed by atoms with Gasteiger partial charge in [-0.15, -0.1) is 0 Å². The molecule has 3 rings (SSSR count). The summed E-state index contributed by atoms with van der Waals surface area (Å²) in [6.07, 6.45) is 7.32. The zero-order chi connectivity index (χ0) is 16.8. The van der Waals surface area contributed by atoms with Crippen molar-refractivity contribution >= 4 is 6.03 Å². The van der Waals surface area contributed by atoms with Crippen LogP contribution in [0.4, 0.5) is 4.79 Å². The number of aromatic nitrogens is 3. The molecule has 1 saturated heterocycles. The Bertz CT molecular complexity index is 658. The van der Waals surface area contributed by atoms with E-state index in [4.69, 9.17) is 4.74 Å². The van der Waals surface area contributed by atoms with E-state index in [-0.39, 0.29) is 12.1 Å². The maximum Gasteiger partial charge on any atom is 0.317 e. The Hall–Kier alpha value is -2.41. The van der Waals surface area contributed by atoms with Crippen molar-refractivity contribution in [3.63, 3.8) is 0 Å². The van der Waals surface area contributed by atoms with Crippen LogP contribution in [-0.2, 0) is 24.9 Å². The van der Waals surface area contributed by atoms with Gasteiger partial charge in [0.15, 0.2) is 0 Å². The molecule has 24 heavy (non-hydrogen) atoms. The van der Waals surface area contributed by atoms with Crippen LogP contribution in [0.2, 0.25) is 0 Å². The molecule has 0 aliphatic carbocycles. The van der Waals surface area contributed by atoms with Crippen molar-refractivity contribution in [1.82, 2.24) is 24.8 Å². The maximum absolute atomic E-state index is 12.3. The predicted octanol–water partition coefficient (Wildman–Crippen LogP) is 1.71. The molecule has 2 amide bonds. The summed E-state index contributed by atoms with van der Waals surface area (Å²) >= 11 is 0. The minimum Gasteiger partial charge on any atom is -0.370 e.